The van der Waals surface area contributed by atoms with Crippen molar-refractivity contribution in [3.05, 3.63) is 76.4 Å². The highest BCUT2D eigenvalue weighted by molar-refractivity contribution is 7.99. The minimum Gasteiger partial charge on any atom is -0.316 e. The molecule has 0 radical (unpaired) electrons. The number of anilines is 1. The summed E-state index contributed by atoms with van der Waals surface area (Å²) in [7, 11) is 0. The number of fused-ring (bicyclic) bond motifs is 1. The lowest BCUT2D eigenvalue weighted by Crippen LogP contribution is -2.15. The summed E-state index contributed by atoms with van der Waals surface area (Å²) in [4.78, 5) is 18.1. The summed E-state index contributed by atoms with van der Waals surface area (Å²) in [5, 5.41) is 22.7. The van der Waals surface area contributed by atoms with Crippen molar-refractivity contribution in [2.45, 2.75) is 37.4 Å². The van der Waals surface area contributed by atoms with Gasteiger partial charge in [0.15, 0.2) is 11.0 Å². The molecule has 3 heterocycles. The SMILES string of the molecule is N#Cc1c(NC(=O)CSc2nnc(-c3ccncc3)n2Cc2ccccc2)sc2c1CCCC2. The number of hydrogen-bond acceptors (Lipinski definition) is 7. The summed E-state index contributed by atoms with van der Waals surface area (Å²) < 4.78 is 2.02. The molecule has 34 heavy (non-hydrogen) atoms. The number of aryl methyl sites for hydroxylation is 1. The van der Waals surface area contributed by atoms with Gasteiger partial charge in [-0.1, -0.05) is 42.1 Å². The monoisotopic (exact) mass is 486 g/mol. The molecular weight excluding hydrogens is 464 g/mol. The van der Waals surface area contributed by atoms with E-state index in [2.05, 4.69) is 38.7 Å². The van der Waals surface area contributed by atoms with Gasteiger partial charge in [-0.05, 0) is 48.9 Å². The second-order valence-corrected chi connectivity index (χ2v) is 10.0. The molecule has 0 aliphatic heterocycles. The van der Waals surface area contributed by atoms with E-state index in [4.69, 9.17) is 0 Å². The zero-order chi connectivity index (χ0) is 23.3. The largest absolute Gasteiger partial charge is 0.316 e. The van der Waals surface area contributed by atoms with Crippen LogP contribution in [0.2, 0.25) is 0 Å². The first-order valence-electron chi connectivity index (χ1n) is 11.1. The zero-order valence-electron chi connectivity index (χ0n) is 18.4. The zero-order valence-corrected chi connectivity index (χ0v) is 20.0. The third-order valence-electron chi connectivity index (χ3n) is 5.71. The van der Waals surface area contributed by atoms with Crippen molar-refractivity contribution in [3.63, 3.8) is 0 Å². The second kappa shape index (κ2) is 10.2. The molecule has 170 valence electrons. The van der Waals surface area contributed by atoms with Crippen LogP contribution < -0.4 is 5.32 Å². The first-order chi connectivity index (χ1) is 16.7. The van der Waals surface area contributed by atoms with E-state index in [9.17, 15) is 10.1 Å². The van der Waals surface area contributed by atoms with Crippen molar-refractivity contribution in [3.8, 4) is 17.5 Å². The van der Waals surface area contributed by atoms with E-state index in [0.717, 1.165) is 48.2 Å². The highest BCUT2D eigenvalue weighted by Crippen LogP contribution is 2.37. The lowest BCUT2D eigenvalue weighted by molar-refractivity contribution is -0.113. The number of thioether (sulfide) groups is 1. The van der Waals surface area contributed by atoms with E-state index in [1.54, 1.807) is 23.7 Å². The van der Waals surface area contributed by atoms with Crippen molar-refractivity contribution in [2.24, 2.45) is 0 Å². The fraction of sp³-hybridized carbons (Fsp3) is 0.240. The van der Waals surface area contributed by atoms with Crippen molar-refractivity contribution in [1.29, 1.82) is 5.26 Å². The van der Waals surface area contributed by atoms with Crippen LogP contribution in [0.5, 0.6) is 0 Å². The number of nitriles is 1. The molecule has 0 atom stereocenters. The molecule has 0 saturated heterocycles. The van der Waals surface area contributed by atoms with Crippen molar-refractivity contribution < 1.29 is 4.79 Å². The Morgan fingerprint density at radius 3 is 2.71 bits per heavy atom. The first kappa shape index (κ1) is 22.3. The smallest absolute Gasteiger partial charge is 0.235 e. The van der Waals surface area contributed by atoms with Crippen molar-refractivity contribution >= 4 is 34.0 Å². The van der Waals surface area contributed by atoms with Crippen LogP contribution in [0, 0.1) is 11.3 Å². The van der Waals surface area contributed by atoms with Gasteiger partial charge in [0.25, 0.3) is 0 Å². The molecule has 0 bridgehead atoms. The maximum atomic E-state index is 12.8. The quantitative estimate of drug-likeness (QED) is 0.372. The lowest BCUT2D eigenvalue weighted by Gasteiger charge is -2.10. The van der Waals surface area contributed by atoms with Crippen LogP contribution in [0.1, 0.15) is 34.4 Å². The first-order valence-corrected chi connectivity index (χ1v) is 12.9. The van der Waals surface area contributed by atoms with Crippen LogP contribution in [0.3, 0.4) is 0 Å². The number of thiophene rings is 1. The summed E-state index contributed by atoms with van der Waals surface area (Å²) in [5.74, 6) is 0.753. The highest BCUT2D eigenvalue weighted by Gasteiger charge is 2.22. The van der Waals surface area contributed by atoms with Crippen LogP contribution >= 0.6 is 23.1 Å². The maximum Gasteiger partial charge on any atom is 0.235 e. The molecule has 0 unspecified atom stereocenters. The van der Waals surface area contributed by atoms with Gasteiger partial charge >= 0.3 is 0 Å². The molecule has 1 aliphatic carbocycles. The number of benzene rings is 1. The van der Waals surface area contributed by atoms with Crippen LogP contribution in [0.4, 0.5) is 5.00 Å². The Bertz CT molecular complexity index is 1340. The highest BCUT2D eigenvalue weighted by atomic mass is 32.2. The summed E-state index contributed by atoms with van der Waals surface area (Å²) in [6, 6.07) is 16.2. The van der Waals surface area contributed by atoms with Crippen LogP contribution in [0.15, 0.2) is 60.0 Å². The van der Waals surface area contributed by atoms with Gasteiger partial charge in [-0.2, -0.15) is 5.26 Å². The Hall–Kier alpha value is -3.48. The molecule has 7 nitrogen and oxygen atoms in total. The number of nitrogens with one attached hydrogen (secondary N) is 1. The summed E-state index contributed by atoms with van der Waals surface area (Å²) in [6.07, 6.45) is 7.59. The molecule has 1 N–H and O–H groups in total. The lowest BCUT2D eigenvalue weighted by atomic mass is 9.96. The Balaban J connectivity index is 1.34. The van der Waals surface area contributed by atoms with Gasteiger partial charge in [-0.25, -0.2) is 0 Å². The van der Waals surface area contributed by atoms with E-state index in [0.29, 0.717) is 22.3 Å². The van der Waals surface area contributed by atoms with Gasteiger partial charge in [0.05, 0.1) is 17.9 Å². The number of nitrogens with zero attached hydrogens (tertiary/aromatic N) is 5. The number of aromatic nitrogens is 4. The average molecular weight is 487 g/mol. The van der Waals surface area contributed by atoms with Crippen molar-refractivity contribution in [1.82, 2.24) is 19.7 Å². The molecule has 5 rings (SSSR count). The Labute approximate surface area is 205 Å². The summed E-state index contributed by atoms with van der Waals surface area (Å²) in [6.45, 7) is 0.589. The molecule has 4 aromatic rings. The van der Waals surface area contributed by atoms with Crippen LogP contribution in [-0.2, 0) is 24.2 Å². The van der Waals surface area contributed by atoms with Crippen LogP contribution in [-0.4, -0.2) is 31.4 Å². The van der Waals surface area contributed by atoms with Gasteiger partial charge < -0.3 is 5.32 Å². The number of carbonyl (C=O) groups is 1. The second-order valence-electron chi connectivity index (χ2n) is 7.98. The van der Waals surface area contributed by atoms with Gasteiger partial charge in [-0.15, -0.1) is 21.5 Å². The fourth-order valence-corrected chi connectivity index (χ4v) is 6.08. The van der Waals surface area contributed by atoms with Gasteiger partial charge in [0, 0.05) is 22.8 Å². The number of rotatable bonds is 7. The summed E-state index contributed by atoms with van der Waals surface area (Å²) >= 11 is 2.88. The predicted octanol–water partition coefficient (Wildman–Crippen LogP) is 4.93. The van der Waals surface area contributed by atoms with Gasteiger partial charge in [-0.3, -0.25) is 14.3 Å². The molecule has 1 aliphatic rings. The molecule has 1 amide bonds. The van der Waals surface area contributed by atoms with E-state index >= 15 is 0 Å². The van der Waals surface area contributed by atoms with Gasteiger partial charge in [0.1, 0.15) is 11.1 Å². The molecule has 3 aromatic heterocycles. The average Bonchev–Trinajstić information content (AvgIpc) is 3.44. The van der Waals surface area contributed by atoms with E-state index in [-0.39, 0.29) is 11.7 Å². The maximum absolute atomic E-state index is 12.8. The molecule has 9 heteroatoms. The standard InChI is InChI=1S/C25H22N6OS2/c26-14-20-19-8-4-5-9-21(19)34-24(20)28-22(32)16-33-25-30-29-23(18-10-12-27-13-11-18)31(25)15-17-6-2-1-3-7-17/h1-3,6-7,10-13H,4-5,8-9,15-16H2,(H,28,32). The summed E-state index contributed by atoms with van der Waals surface area (Å²) in [5.41, 5.74) is 3.78. The normalized spacial score (nSPS) is 12.7. The minimum atomic E-state index is -0.153. The number of pyridine rings is 1. The predicted molar refractivity (Wildman–Crippen MR) is 134 cm³/mol. The Morgan fingerprint density at radius 2 is 1.91 bits per heavy atom. The number of carbonyl (C=O) groups excluding carboxylic acids is 1. The molecule has 0 saturated carbocycles. The molecular formula is C25H22N6OS2. The third kappa shape index (κ3) is 4.74. The molecule has 0 spiro atoms. The van der Waals surface area contributed by atoms with Gasteiger partial charge in [0.2, 0.25) is 5.91 Å². The number of hydrogen-bond donors (Lipinski definition) is 1. The topological polar surface area (TPSA) is 96.5 Å². The third-order valence-corrected chi connectivity index (χ3v) is 7.88. The van der Waals surface area contributed by atoms with E-state index in [1.807, 2.05) is 34.9 Å². The van der Waals surface area contributed by atoms with Crippen molar-refractivity contribution in [2.75, 3.05) is 11.1 Å². The number of amides is 1. The fourth-order valence-electron chi connectivity index (χ4n) is 4.08. The van der Waals surface area contributed by atoms with Crippen LogP contribution in [0.25, 0.3) is 11.4 Å². The van der Waals surface area contributed by atoms with E-state index < -0.39 is 0 Å². The molecule has 0 fully saturated rings. The van der Waals surface area contributed by atoms with E-state index in [1.165, 1.54) is 16.6 Å². The Kier molecular flexibility index (Phi) is 6.70. The minimum absolute atomic E-state index is 0.153. The molecule has 1 aromatic carbocycles. The Morgan fingerprint density at radius 1 is 1.12 bits per heavy atom.